The van der Waals surface area contributed by atoms with Crippen LogP contribution in [0, 0.1) is 0 Å². The van der Waals surface area contributed by atoms with Crippen LogP contribution in [-0.4, -0.2) is 39.3 Å². The van der Waals surface area contributed by atoms with Gasteiger partial charge in [-0.25, -0.2) is 9.97 Å². The van der Waals surface area contributed by atoms with Gasteiger partial charge in [0.05, 0.1) is 35.2 Å². The first-order chi connectivity index (χ1) is 18.1. The number of aromatic nitrogens is 3. The first kappa shape index (κ1) is 25.4. The molecule has 2 aromatic carbocycles. The third kappa shape index (κ3) is 5.53. The molecule has 0 atom stereocenters. The Hall–Kier alpha value is -4.22. The lowest BCUT2D eigenvalue weighted by molar-refractivity contribution is -0.138. The van der Waals surface area contributed by atoms with Crippen molar-refractivity contribution in [2.24, 2.45) is 4.99 Å². The molecule has 0 saturated heterocycles. The van der Waals surface area contributed by atoms with Gasteiger partial charge in [-0.1, -0.05) is 6.07 Å². The molecule has 0 fully saturated rings. The highest BCUT2D eigenvalue weighted by Gasteiger charge is 2.34. The van der Waals surface area contributed by atoms with Crippen LogP contribution in [0.5, 0.6) is 0 Å². The minimum Gasteiger partial charge on any atom is -0.355 e. The molecule has 1 aliphatic rings. The number of nitrogens with zero attached hydrogens (tertiary/aromatic N) is 5. The molecule has 0 amide bonds. The van der Waals surface area contributed by atoms with Crippen molar-refractivity contribution in [3.05, 3.63) is 77.7 Å². The van der Waals surface area contributed by atoms with Crippen molar-refractivity contribution >= 4 is 28.7 Å². The van der Waals surface area contributed by atoms with Gasteiger partial charge in [0.15, 0.2) is 5.82 Å². The van der Waals surface area contributed by atoms with Gasteiger partial charge in [0.2, 0.25) is 0 Å². The van der Waals surface area contributed by atoms with E-state index in [9.17, 15) is 26.3 Å². The number of pyridine rings is 1. The molecule has 38 heavy (non-hydrogen) atoms. The molecule has 0 saturated carbocycles. The molecule has 6 nitrogen and oxygen atoms in total. The molecule has 3 heterocycles. The number of nitrogens with one attached hydrogen (secondary N) is 1. The molecule has 4 aromatic rings. The van der Waals surface area contributed by atoms with Crippen molar-refractivity contribution in [1.29, 1.82) is 0 Å². The van der Waals surface area contributed by atoms with E-state index in [-0.39, 0.29) is 11.3 Å². The summed E-state index contributed by atoms with van der Waals surface area (Å²) >= 11 is 0. The zero-order chi connectivity index (χ0) is 26.9. The number of alkyl halides is 6. The molecule has 0 unspecified atom stereocenters. The van der Waals surface area contributed by atoms with Crippen LogP contribution < -0.4 is 5.32 Å². The highest BCUT2D eigenvalue weighted by molar-refractivity contribution is 5.93. The molecule has 1 N–H and O–H groups in total. The van der Waals surface area contributed by atoms with Crippen LogP contribution in [0.3, 0.4) is 0 Å². The number of fused-ring (bicyclic) bond motifs is 1. The number of halogens is 6. The predicted octanol–water partition coefficient (Wildman–Crippen LogP) is 6.71. The van der Waals surface area contributed by atoms with Crippen molar-refractivity contribution in [3.8, 4) is 11.3 Å². The van der Waals surface area contributed by atoms with Crippen LogP contribution in [0.2, 0.25) is 0 Å². The van der Waals surface area contributed by atoms with E-state index in [4.69, 9.17) is 0 Å². The Morgan fingerprint density at radius 3 is 2.37 bits per heavy atom. The molecular weight excluding hydrogens is 510 g/mol. The average molecular weight is 530 g/mol. The number of benzene rings is 2. The maximum absolute atomic E-state index is 13.6. The molecule has 1 aliphatic heterocycles. The van der Waals surface area contributed by atoms with Crippen molar-refractivity contribution in [1.82, 2.24) is 19.9 Å². The van der Waals surface area contributed by atoms with E-state index in [1.165, 1.54) is 36.5 Å². The third-order valence-electron chi connectivity index (χ3n) is 5.93. The van der Waals surface area contributed by atoms with Gasteiger partial charge in [-0.05, 0) is 55.0 Å². The van der Waals surface area contributed by atoms with E-state index in [0.29, 0.717) is 41.3 Å². The minimum absolute atomic E-state index is 0.218. The maximum Gasteiger partial charge on any atom is 0.418 e. The first-order valence-corrected chi connectivity index (χ1v) is 11.6. The summed E-state index contributed by atoms with van der Waals surface area (Å²) in [4.78, 5) is 19.3. The minimum atomic E-state index is -4.60. The first-order valence-electron chi connectivity index (χ1n) is 11.6. The van der Waals surface area contributed by atoms with Crippen LogP contribution in [0.4, 0.5) is 37.8 Å². The molecule has 196 valence electrons. The van der Waals surface area contributed by atoms with Gasteiger partial charge in [-0.3, -0.25) is 9.98 Å². The van der Waals surface area contributed by atoms with E-state index in [1.54, 1.807) is 12.4 Å². The summed E-state index contributed by atoms with van der Waals surface area (Å²) in [5.74, 6) is 0.678. The second-order valence-electron chi connectivity index (χ2n) is 8.66. The lowest BCUT2D eigenvalue weighted by Crippen LogP contribution is -2.27. The summed E-state index contributed by atoms with van der Waals surface area (Å²) in [6, 6.07) is 11.2. The van der Waals surface area contributed by atoms with Gasteiger partial charge < -0.3 is 10.2 Å². The number of hydrogen-bond acceptors (Lipinski definition) is 6. The van der Waals surface area contributed by atoms with Crippen LogP contribution in [0.1, 0.15) is 23.4 Å². The highest BCUT2D eigenvalue weighted by atomic mass is 19.4. The predicted molar refractivity (Wildman–Crippen MR) is 131 cm³/mol. The Morgan fingerprint density at radius 2 is 1.68 bits per heavy atom. The Morgan fingerprint density at radius 1 is 0.895 bits per heavy atom. The SMILES string of the molecule is FC(F)(F)c1ccc(Nc2nc(CN3C=NCCC3)nc3cc(-c4ncccc4C(F)(F)F)ccc23)cc1. The summed E-state index contributed by atoms with van der Waals surface area (Å²) in [6.45, 7) is 1.74. The molecule has 12 heteroatoms. The highest BCUT2D eigenvalue weighted by Crippen LogP contribution is 2.37. The smallest absolute Gasteiger partial charge is 0.355 e. The molecule has 2 aromatic heterocycles. The van der Waals surface area contributed by atoms with Gasteiger partial charge in [0.25, 0.3) is 0 Å². The standard InChI is InChI=1S/C26H20F6N6/c27-25(28,29)17-5-7-18(8-6-17)35-24-19-9-4-16(23-20(26(30,31)32)3-1-11-34-23)13-21(19)36-22(37-24)14-38-12-2-10-33-15-38/h1,3-9,11,13,15H,2,10,12,14H2,(H,35,36,37). The zero-order valence-corrected chi connectivity index (χ0v) is 19.7. The number of anilines is 2. The number of hydrogen-bond donors (Lipinski definition) is 1. The molecule has 0 bridgehead atoms. The Bertz CT molecular complexity index is 1480. The second kappa shape index (κ2) is 9.92. The van der Waals surface area contributed by atoms with E-state index in [0.717, 1.165) is 31.2 Å². The van der Waals surface area contributed by atoms with Crippen molar-refractivity contribution in [2.45, 2.75) is 25.3 Å². The Balaban J connectivity index is 1.58. The zero-order valence-electron chi connectivity index (χ0n) is 19.7. The Labute approximate surface area is 213 Å². The van der Waals surface area contributed by atoms with Crippen molar-refractivity contribution < 1.29 is 26.3 Å². The second-order valence-corrected chi connectivity index (χ2v) is 8.66. The summed E-state index contributed by atoms with van der Waals surface area (Å²) in [5, 5.41) is 3.51. The summed E-state index contributed by atoms with van der Waals surface area (Å²) in [5.41, 5.74) is -0.966. The van der Waals surface area contributed by atoms with E-state index in [1.807, 2.05) is 4.90 Å². The van der Waals surface area contributed by atoms with Gasteiger partial charge in [0.1, 0.15) is 5.82 Å². The quantitative estimate of drug-likeness (QED) is 0.291. The fourth-order valence-electron chi connectivity index (χ4n) is 4.13. The van der Waals surface area contributed by atoms with Gasteiger partial charge >= 0.3 is 12.4 Å². The number of aliphatic imine (C=N–C) groups is 1. The van der Waals surface area contributed by atoms with Crippen molar-refractivity contribution in [3.63, 3.8) is 0 Å². The van der Waals surface area contributed by atoms with Crippen LogP contribution in [0.25, 0.3) is 22.2 Å². The molecule has 0 radical (unpaired) electrons. The summed E-state index contributed by atoms with van der Waals surface area (Å²) in [7, 11) is 0. The Kier molecular flexibility index (Phi) is 6.64. The van der Waals surface area contributed by atoms with Gasteiger partial charge in [-0.15, -0.1) is 0 Å². The summed E-state index contributed by atoms with van der Waals surface area (Å²) < 4.78 is 79.8. The van der Waals surface area contributed by atoms with Gasteiger partial charge in [0, 0.05) is 35.9 Å². The largest absolute Gasteiger partial charge is 0.418 e. The fourth-order valence-corrected chi connectivity index (χ4v) is 4.13. The maximum atomic E-state index is 13.6. The van der Waals surface area contributed by atoms with Gasteiger partial charge in [-0.2, -0.15) is 26.3 Å². The van der Waals surface area contributed by atoms with E-state index in [2.05, 4.69) is 25.3 Å². The summed E-state index contributed by atoms with van der Waals surface area (Å²) in [6.07, 6.45) is -5.24. The lowest BCUT2D eigenvalue weighted by Gasteiger charge is -2.22. The average Bonchev–Trinajstić information content (AvgIpc) is 2.88. The van der Waals surface area contributed by atoms with E-state index >= 15 is 0 Å². The third-order valence-corrected chi connectivity index (χ3v) is 5.93. The monoisotopic (exact) mass is 530 g/mol. The lowest BCUT2D eigenvalue weighted by atomic mass is 10.0. The van der Waals surface area contributed by atoms with E-state index < -0.39 is 23.5 Å². The van der Waals surface area contributed by atoms with Crippen LogP contribution >= 0.6 is 0 Å². The van der Waals surface area contributed by atoms with Crippen molar-refractivity contribution in [2.75, 3.05) is 18.4 Å². The molecule has 5 rings (SSSR count). The number of rotatable bonds is 5. The van der Waals surface area contributed by atoms with Crippen LogP contribution in [-0.2, 0) is 18.9 Å². The molecule has 0 spiro atoms. The molecular formula is C26H20F6N6. The topological polar surface area (TPSA) is 66.3 Å². The fraction of sp³-hybridized carbons (Fsp3) is 0.231. The van der Waals surface area contributed by atoms with Crippen LogP contribution in [0.15, 0.2) is 65.8 Å². The normalized spacial score (nSPS) is 14.2. The molecule has 0 aliphatic carbocycles.